The van der Waals surface area contributed by atoms with Crippen LogP contribution in [0.15, 0.2) is 55.4 Å². The molecule has 1 fully saturated rings. The summed E-state index contributed by atoms with van der Waals surface area (Å²) in [5.41, 5.74) is 5.99. The van der Waals surface area contributed by atoms with E-state index in [-0.39, 0.29) is 5.82 Å². The first kappa shape index (κ1) is 21.2. The zero-order valence-corrected chi connectivity index (χ0v) is 15.8. The SMILES string of the molecule is CN.Fc1cccnc1.O=Cc1ccn(-c2cnc(NCC3CCC3)nc2)c1. The smallest absolute Gasteiger partial charge is 0.222 e. The van der Waals surface area contributed by atoms with Gasteiger partial charge in [0.2, 0.25) is 5.95 Å². The molecule has 148 valence electrons. The topological polar surface area (TPSA) is 98.7 Å². The third kappa shape index (κ3) is 6.55. The van der Waals surface area contributed by atoms with Crippen LogP contribution in [-0.2, 0) is 0 Å². The van der Waals surface area contributed by atoms with Gasteiger partial charge in [0.1, 0.15) is 5.82 Å². The first-order valence-corrected chi connectivity index (χ1v) is 9.07. The average Bonchev–Trinajstić information content (AvgIpc) is 3.19. The number of nitrogens with two attached hydrogens (primary N) is 1. The molecule has 1 saturated carbocycles. The van der Waals surface area contributed by atoms with Crippen LogP contribution in [0.2, 0.25) is 0 Å². The van der Waals surface area contributed by atoms with E-state index < -0.39 is 0 Å². The molecule has 0 radical (unpaired) electrons. The van der Waals surface area contributed by atoms with Crippen molar-refractivity contribution in [3.8, 4) is 5.69 Å². The van der Waals surface area contributed by atoms with E-state index in [1.165, 1.54) is 44.8 Å². The van der Waals surface area contributed by atoms with Gasteiger partial charge in [-0.2, -0.15) is 0 Å². The summed E-state index contributed by atoms with van der Waals surface area (Å²) in [6, 6.07) is 4.66. The molecule has 3 aromatic rings. The van der Waals surface area contributed by atoms with E-state index in [0.717, 1.165) is 24.4 Å². The number of carbonyl (C=O) groups excluding carboxylic acids is 1. The van der Waals surface area contributed by atoms with Gasteiger partial charge in [-0.3, -0.25) is 9.78 Å². The third-order valence-electron chi connectivity index (χ3n) is 4.19. The highest BCUT2D eigenvalue weighted by atomic mass is 19.1. The van der Waals surface area contributed by atoms with Crippen LogP contribution in [0.1, 0.15) is 29.6 Å². The highest BCUT2D eigenvalue weighted by Crippen LogP contribution is 2.26. The van der Waals surface area contributed by atoms with E-state index in [4.69, 9.17) is 0 Å². The molecule has 3 aromatic heterocycles. The second-order valence-corrected chi connectivity index (χ2v) is 6.08. The number of hydrogen-bond acceptors (Lipinski definition) is 6. The van der Waals surface area contributed by atoms with E-state index in [9.17, 15) is 9.18 Å². The Labute approximate surface area is 163 Å². The fraction of sp³-hybridized carbons (Fsp3) is 0.300. The Morgan fingerprint density at radius 2 is 2.00 bits per heavy atom. The van der Waals surface area contributed by atoms with Gasteiger partial charge in [0.05, 0.1) is 24.3 Å². The molecule has 3 heterocycles. The Balaban J connectivity index is 0.000000261. The molecule has 0 spiro atoms. The summed E-state index contributed by atoms with van der Waals surface area (Å²) in [4.78, 5) is 22.7. The van der Waals surface area contributed by atoms with Crippen LogP contribution in [-0.4, -0.2) is 39.4 Å². The molecular formula is C20H25FN6O. The molecule has 7 nitrogen and oxygen atoms in total. The molecule has 4 rings (SSSR count). The minimum absolute atomic E-state index is 0.289. The maximum atomic E-state index is 11.8. The van der Waals surface area contributed by atoms with E-state index in [1.807, 2.05) is 10.8 Å². The highest BCUT2D eigenvalue weighted by Gasteiger charge is 2.16. The zero-order valence-electron chi connectivity index (χ0n) is 15.8. The van der Waals surface area contributed by atoms with Crippen molar-refractivity contribution in [1.82, 2.24) is 19.5 Å². The summed E-state index contributed by atoms with van der Waals surface area (Å²) >= 11 is 0. The number of aromatic nitrogens is 4. The molecule has 1 aliphatic carbocycles. The average molecular weight is 384 g/mol. The van der Waals surface area contributed by atoms with Crippen LogP contribution in [0, 0.1) is 11.7 Å². The summed E-state index contributed by atoms with van der Waals surface area (Å²) in [6.45, 7) is 0.957. The Kier molecular flexibility index (Phi) is 8.74. The lowest BCUT2D eigenvalue weighted by atomic mass is 9.85. The fourth-order valence-corrected chi connectivity index (χ4v) is 2.46. The van der Waals surface area contributed by atoms with Gasteiger partial charge in [0.15, 0.2) is 6.29 Å². The lowest BCUT2D eigenvalue weighted by Gasteiger charge is -2.25. The van der Waals surface area contributed by atoms with Gasteiger partial charge in [-0.25, -0.2) is 14.4 Å². The van der Waals surface area contributed by atoms with Crippen molar-refractivity contribution in [2.24, 2.45) is 11.7 Å². The largest absolute Gasteiger partial charge is 0.354 e. The van der Waals surface area contributed by atoms with Gasteiger partial charge in [0, 0.05) is 30.7 Å². The number of nitrogens with zero attached hydrogens (tertiary/aromatic N) is 4. The Hall–Kier alpha value is -3.13. The molecule has 1 aliphatic rings. The lowest BCUT2D eigenvalue weighted by molar-refractivity contribution is 0.112. The number of anilines is 1. The summed E-state index contributed by atoms with van der Waals surface area (Å²) < 4.78 is 13.7. The van der Waals surface area contributed by atoms with Crippen LogP contribution in [0.25, 0.3) is 5.69 Å². The maximum Gasteiger partial charge on any atom is 0.222 e. The van der Waals surface area contributed by atoms with Crippen LogP contribution in [0.5, 0.6) is 0 Å². The first-order valence-electron chi connectivity index (χ1n) is 9.07. The molecule has 0 bridgehead atoms. The molecule has 0 saturated heterocycles. The van der Waals surface area contributed by atoms with E-state index in [2.05, 4.69) is 26.0 Å². The van der Waals surface area contributed by atoms with Gasteiger partial charge < -0.3 is 15.6 Å². The number of pyridine rings is 1. The number of aldehydes is 1. The standard InChI is InChI=1S/C14H16N4O.C5H4FN.CH5N/c19-10-12-4-5-18(9-12)13-7-16-14(17-8-13)15-6-11-2-1-3-11;6-5-2-1-3-7-4-5;1-2/h4-5,7-11H,1-3,6H2,(H,15,16,17);1-4H;2H2,1H3. The molecule has 0 aliphatic heterocycles. The van der Waals surface area contributed by atoms with Crippen molar-refractivity contribution in [3.05, 3.63) is 66.8 Å². The van der Waals surface area contributed by atoms with Crippen molar-refractivity contribution in [2.45, 2.75) is 19.3 Å². The lowest BCUT2D eigenvalue weighted by Crippen LogP contribution is -2.21. The van der Waals surface area contributed by atoms with Crippen LogP contribution in [0.3, 0.4) is 0 Å². The zero-order chi connectivity index (χ0) is 20.2. The van der Waals surface area contributed by atoms with Crippen LogP contribution in [0.4, 0.5) is 10.3 Å². The molecule has 8 heteroatoms. The van der Waals surface area contributed by atoms with Crippen molar-refractivity contribution < 1.29 is 9.18 Å². The molecule has 0 atom stereocenters. The van der Waals surface area contributed by atoms with Crippen LogP contribution < -0.4 is 11.1 Å². The summed E-state index contributed by atoms with van der Waals surface area (Å²) in [6.07, 6.45) is 14.6. The number of rotatable bonds is 5. The summed E-state index contributed by atoms with van der Waals surface area (Å²) in [5.74, 6) is 1.16. The summed E-state index contributed by atoms with van der Waals surface area (Å²) in [7, 11) is 1.50. The van der Waals surface area contributed by atoms with Gasteiger partial charge in [0.25, 0.3) is 0 Å². The molecule has 3 N–H and O–H groups in total. The van der Waals surface area contributed by atoms with Crippen molar-refractivity contribution in [2.75, 3.05) is 18.9 Å². The minimum Gasteiger partial charge on any atom is -0.354 e. The van der Waals surface area contributed by atoms with Crippen molar-refractivity contribution in [3.63, 3.8) is 0 Å². The quantitative estimate of drug-likeness (QED) is 0.656. The van der Waals surface area contributed by atoms with Crippen LogP contribution >= 0.6 is 0 Å². The number of halogens is 1. The van der Waals surface area contributed by atoms with E-state index >= 15 is 0 Å². The van der Waals surface area contributed by atoms with Gasteiger partial charge in [-0.1, -0.05) is 6.42 Å². The monoisotopic (exact) mass is 384 g/mol. The molecular weight excluding hydrogens is 359 g/mol. The van der Waals surface area contributed by atoms with Crippen molar-refractivity contribution in [1.29, 1.82) is 0 Å². The Bertz CT molecular complexity index is 818. The second kappa shape index (κ2) is 11.6. The predicted molar refractivity (Wildman–Crippen MR) is 107 cm³/mol. The number of hydrogen-bond donors (Lipinski definition) is 2. The summed E-state index contributed by atoms with van der Waals surface area (Å²) in [5, 5.41) is 3.25. The minimum atomic E-state index is -0.289. The third-order valence-corrected chi connectivity index (χ3v) is 4.19. The van der Waals surface area contributed by atoms with Gasteiger partial charge >= 0.3 is 0 Å². The molecule has 0 amide bonds. The maximum absolute atomic E-state index is 11.8. The van der Waals surface area contributed by atoms with E-state index in [1.54, 1.807) is 30.7 Å². The normalized spacial score (nSPS) is 12.5. The highest BCUT2D eigenvalue weighted by molar-refractivity contribution is 5.74. The number of carbonyl (C=O) groups is 1. The number of nitrogens with one attached hydrogen (secondary N) is 1. The van der Waals surface area contributed by atoms with E-state index in [0.29, 0.717) is 11.5 Å². The predicted octanol–water partition coefficient (Wildman–Crippen LogP) is 3.09. The molecule has 0 unspecified atom stereocenters. The Morgan fingerprint density at radius 1 is 1.25 bits per heavy atom. The van der Waals surface area contributed by atoms with Gasteiger partial charge in [-0.15, -0.1) is 0 Å². The molecule has 0 aromatic carbocycles. The molecule has 28 heavy (non-hydrogen) atoms. The van der Waals surface area contributed by atoms with Crippen molar-refractivity contribution >= 4 is 12.2 Å². The Morgan fingerprint density at radius 3 is 2.46 bits per heavy atom. The fourth-order valence-electron chi connectivity index (χ4n) is 2.46. The first-order chi connectivity index (χ1) is 13.7. The second-order valence-electron chi connectivity index (χ2n) is 6.08. The van der Waals surface area contributed by atoms with Gasteiger partial charge in [-0.05, 0) is 44.0 Å².